The minimum atomic E-state index is -0.232. The van der Waals surface area contributed by atoms with Crippen molar-refractivity contribution in [3.63, 3.8) is 0 Å². The fourth-order valence-corrected chi connectivity index (χ4v) is 3.24. The predicted molar refractivity (Wildman–Crippen MR) is 104 cm³/mol. The maximum absolute atomic E-state index is 9.77. The van der Waals surface area contributed by atoms with Crippen LogP contribution in [0.1, 0.15) is 45.0 Å². The smallest absolute Gasteiger partial charge is 0.152 e. The molecule has 0 saturated heterocycles. The van der Waals surface area contributed by atoms with E-state index < -0.39 is 0 Å². The van der Waals surface area contributed by atoms with E-state index in [0.29, 0.717) is 12.4 Å². The molecular weight excluding hydrogens is 312 g/mol. The highest BCUT2D eigenvalue weighted by molar-refractivity contribution is 6.06. The molecule has 0 spiro atoms. The van der Waals surface area contributed by atoms with Gasteiger partial charge in [0.05, 0.1) is 11.0 Å². The van der Waals surface area contributed by atoms with Gasteiger partial charge in [0.2, 0.25) is 0 Å². The molecule has 1 aromatic carbocycles. The lowest BCUT2D eigenvalue weighted by molar-refractivity contribution is 0.141. The zero-order valence-corrected chi connectivity index (χ0v) is 15.6. The normalized spacial score (nSPS) is 12.4. The molecule has 5 heteroatoms. The standard InChI is InChI=1S/C20H28N4O/c1-5-6-7-16-23-17-18(24(16)11-20(3,4)12-25)14-9-8-13(2)10-15(14)22-19(17)21/h8-10,25H,5-7,11-12H2,1-4H3,(H2,21,22). The van der Waals surface area contributed by atoms with Gasteiger partial charge in [0.1, 0.15) is 11.3 Å². The summed E-state index contributed by atoms with van der Waals surface area (Å²) in [6.45, 7) is 9.20. The van der Waals surface area contributed by atoms with E-state index >= 15 is 0 Å². The maximum Gasteiger partial charge on any atom is 0.152 e. The maximum atomic E-state index is 9.77. The van der Waals surface area contributed by atoms with Gasteiger partial charge in [-0.05, 0) is 25.0 Å². The number of imidazole rings is 1. The summed E-state index contributed by atoms with van der Waals surface area (Å²) in [7, 11) is 0. The number of nitrogens with two attached hydrogens (primary N) is 1. The van der Waals surface area contributed by atoms with Crippen molar-refractivity contribution in [2.45, 2.75) is 53.5 Å². The van der Waals surface area contributed by atoms with Gasteiger partial charge < -0.3 is 15.4 Å². The number of rotatable bonds is 6. The summed E-state index contributed by atoms with van der Waals surface area (Å²) in [6.07, 6.45) is 3.09. The van der Waals surface area contributed by atoms with E-state index in [4.69, 9.17) is 10.7 Å². The molecule has 2 aromatic heterocycles. The second kappa shape index (κ2) is 6.64. The summed E-state index contributed by atoms with van der Waals surface area (Å²) in [5.74, 6) is 1.51. The second-order valence-electron chi connectivity index (χ2n) is 7.75. The van der Waals surface area contributed by atoms with Gasteiger partial charge in [0.15, 0.2) is 5.82 Å². The van der Waals surface area contributed by atoms with Crippen molar-refractivity contribution in [1.29, 1.82) is 0 Å². The van der Waals surface area contributed by atoms with Gasteiger partial charge in [-0.15, -0.1) is 0 Å². The minimum absolute atomic E-state index is 0.123. The topological polar surface area (TPSA) is 77.0 Å². The predicted octanol–water partition coefficient (Wildman–Crippen LogP) is 3.84. The summed E-state index contributed by atoms with van der Waals surface area (Å²) in [6, 6.07) is 6.26. The summed E-state index contributed by atoms with van der Waals surface area (Å²) < 4.78 is 2.25. The number of nitrogens with zero attached hydrogens (tertiary/aromatic N) is 3. The SMILES string of the molecule is CCCCc1nc2c(N)nc3cc(C)ccc3c2n1CC(C)(C)CO. The molecule has 3 N–H and O–H groups in total. The number of unbranched alkanes of at least 4 members (excludes halogenated alkanes) is 1. The number of hydrogen-bond acceptors (Lipinski definition) is 4. The molecule has 0 saturated carbocycles. The van der Waals surface area contributed by atoms with Crippen molar-refractivity contribution >= 4 is 27.8 Å². The van der Waals surface area contributed by atoms with Gasteiger partial charge in [0.25, 0.3) is 0 Å². The Hall–Kier alpha value is -2.14. The number of anilines is 1. The fraction of sp³-hybridized carbons (Fsp3) is 0.500. The number of aromatic nitrogens is 3. The number of nitrogen functional groups attached to an aromatic ring is 1. The number of hydrogen-bond donors (Lipinski definition) is 2. The number of aliphatic hydroxyl groups excluding tert-OH is 1. The van der Waals surface area contributed by atoms with Crippen molar-refractivity contribution < 1.29 is 5.11 Å². The van der Waals surface area contributed by atoms with Crippen molar-refractivity contribution in [2.24, 2.45) is 5.41 Å². The van der Waals surface area contributed by atoms with Crippen LogP contribution in [0.25, 0.3) is 21.9 Å². The van der Waals surface area contributed by atoms with Gasteiger partial charge in [-0.1, -0.05) is 39.3 Å². The highest BCUT2D eigenvalue weighted by atomic mass is 16.3. The van der Waals surface area contributed by atoms with E-state index in [9.17, 15) is 5.11 Å². The molecule has 0 bridgehead atoms. The molecule has 0 amide bonds. The number of pyridine rings is 1. The molecule has 25 heavy (non-hydrogen) atoms. The number of benzene rings is 1. The van der Waals surface area contributed by atoms with Gasteiger partial charge in [-0.3, -0.25) is 0 Å². The Balaban J connectivity index is 2.32. The first-order valence-corrected chi connectivity index (χ1v) is 9.02. The molecule has 0 unspecified atom stereocenters. The number of fused-ring (bicyclic) bond motifs is 3. The van der Waals surface area contributed by atoms with Crippen LogP contribution in [0.2, 0.25) is 0 Å². The second-order valence-corrected chi connectivity index (χ2v) is 7.75. The van der Waals surface area contributed by atoms with Crippen LogP contribution in [0.3, 0.4) is 0 Å². The summed E-state index contributed by atoms with van der Waals surface area (Å²) in [5, 5.41) is 10.8. The van der Waals surface area contributed by atoms with Crippen molar-refractivity contribution in [1.82, 2.24) is 14.5 Å². The van der Waals surface area contributed by atoms with E-state index in [0.717, 1.165) is 52.6 Å². The zero-order valence-electron chi connectivity index (χ0n) is 15.6. The third-order valence-electron chi connectivity index (χ3n) is 4.71. The molecule has 3 aromatic rings. The minimum Gasteiger partial charge on any atom is -0.396 e. The Labute approximate surface area is 148 Å². The molecule has 134 valence electrons. The lowest BCUT2D eigenvalue weighted by Gasteiger charge is -2.24. The third-order valence-corrected chi connectivity index (χ3v) is 4.71. The van der Waals surface area contributed by atoms with Gasteiger partial charge >= 0.3 is 0 Å². The van der Waals surface area contributed by atoms with Gasteiger partial charge in [-0.25, -0.2) is 9.97 Å². The zero-order chi connectivity index (χ0) is 18.2. The molecule has 0 radical (unpaired) electrons. The molecule has 0 atom stereocenters. The van der Waals surface area contributed by atoms with E-state index in [1.807, 2.05) is 0 Å². The number of aliphatic hydroxyl groups is 1. The largest absolute Gasteiger partial charge is 0.396 e. The highest BCUT2D eigenvalue weighted by Crippen LogP contribution is 2.32. The first-order chi connectivity index (χ1) is 11.9. The summed E-state index contributed by atoms with van der Waals surface area (Å²) in [5.41, 5.74) is 9.88. The van der Waals surface area contributed by atoms with E-state index in [2.05, 4.69) is 55.4 Å². The molecule has 3 rings (SSSR count). The first-order valence-electron chi connectivity index (χ1n) is 9.02. The molecular formula is C20H28N4O. The average molecular weight is 340 g/mol. The van der Waals surface area contributed by atoms with Crippen LogP contribution in [0.4, 0.5) is 5.82 Å². The first kappa shape index (κ1) is 17.7. The Morgan fingerprint density at radius 3 is 2.68 bits per heavy atom. The van der Waals surface area contributed by atoms with Crippen LogP contribution >= 0.6 is 0 Å². The van der Waals surface area contributed by atoms with Gasteiger partial charge in [0, 0.05) is 30.4 Å². The van der Waals surface area contributed by atoms with Crippen LogP contribution in [-0.4, -0.2) is 26.2 Å². The van der Waals surface area contributed by atoms with Crippen molar-refractivity contribution in [3.8, 4) is 0 Å². The Bertz CT molecular complexity index is 911. The third kappa shape index (κ3) is 3.33. The van der Waals surface area contributed by atoms with Crippen LogP contribution < -0.4 is 5.73 Å². The monoisotopic (exact) mass is 340 g/mol. The fourth-order valence-electron chi connectivity index (χ4n) is 3.24. The van der Waals surface area contributed by atoms with Crippen LogP contribution in [-0.2, 0) is 13.0 Å². The molecule has 2 heterocycles. The molecule has 0 fully saturated rings. The lowest BCUT2D eigenvalue weighted by Crippen LogP contribution is -2.25. The molecule has 0 aliphatic heterocycles. The van der Waals surface area contributed by atoms with E-state index in [1.54, 1.807) is 0 Å². The van der Waals surface area contributed by atoms with Crippen LogP contribution in [0, 0.1) is 12.3 Å². The Morgan fingerprint density at radius 2 is 2.00 bits per heavy atom. The molecule has 0 aliphatic rings. The van der Waals surface area contributed by atoms with Crippen molar-refractivity contribution in [3.05, 3.63) is 29.6 Å². The Morgan fingerprint density at radius 1 is 1.24 bits per heavy atom. The van der Waals surface area contributed by atoms with Crippen LogP contribution in [0.15, 0.2) is 18.2 Å². The summed E-state index contributed by atoms with van der Waals surface area (Å²) in [4.78, 5) is 9.40. The average Bonchev–Trinajstić information content (AvgIpc) is 2.91. The van der Waals surface area contributed by atoms with Crippen LogP contribution in [0.5, 0.6) is 0 Å². The van der Waals surface area contributed by atoms with E-state index in [-0.39, 0.29) is 12.0 Å². The Kier molecular flexibility index (Phi) is 4.69. The molecule has 5 nitrogen and oxygen atoms in total. The van der Waals surface area contributed by atoms with Gasteiger partial charge in [-0.2, -0.15) is 0 Å². The highest BCUT2D eigenvalue weighted by Gasteiger charge is 2.23. The molecule has 0 aliphatic carbocycles. The lowest BCUT2D eigenvalue weighted by atomic mass is 9.94. The number of aryl methyl sites for hydroxylation is 2. The summed E-state index contributed by atoms with van der Waals surface area (Å²) >= 11 is 0. The quantitative estimate of drug-likeness (QED) is 0.715. The van der Waals surface area contributed by atoms with E-state index in [1.165, 1.54) is 0 Å². The van der Waals surface area contributed by atoms with Crippen molar-refractivity contribution in [2.75, 3.05) is 12.3 Å².